The summed E-state index contributed by atoms with van der Waals surface area (Å²) in [6.07, 6.45) is 2.93. The summed E-state index contributed by atoms with van der Waals surface area (Å²) in [5.41, 5.74) is 3.79. The maximum absolute atomic E-state index is 12.0. The van der Waals surface area contributed by atoms with Crippen molar-refractivity contribution < 1.29 is 9.59 Å². The van der Waals surface area contributed by atoms with Crippen molar-refractivity contribution in [2.24, 2.45) is 0 Å². The van der Waals surface area contributed by atoms with Gasteiger partial charge in [-0.25, -0.2) is 4.79 Å². The SMILES string of the molecule is CC(NC(=O)NCc1ccccn1)c1ccc2c(c1)CCC(=O)N2. The predicted molar refractivity (Wildman–Crippen MR) is 91.4 cm³/mol. The van der Waals surface area contributed by atoms with E-state index in [1.54, 1.807) is 6.20 Å². The Hall–Kier alpha value is -2.89. The van der Waals surface area contributed by atoms with Crippen LogP contribution < -0.4 is 16.0 Å². The molecular weight excluding hydrogens is 304 g/mol. The fourth-order valence-electron chi connectivity index (χ4n) is 2.68. The highest BCUT2D eigenvalue weighted by Crippen LogP contribution is 2.26. The zero-order chi connectivity index (χ0) is 16.9. The molecule has 1 aliphatic rings. The van der Waals surface area contributed by atoms with Crippen LogP contribution in [0.5, 0.6) is 0 Å². The van der Waals surface area contributed by atoms with Crippen LogP contribution in [0.2, 0.25) is 0 Å². The van der Waals surface area contributed by atoms with Gasteiger partial charge in [0.25, 0.3) is 0 Å². The minimum absolute atomic E-state index is 0.0512. The van der Waals surface area contributed by atoms with Gasteiger partial charge in [0.15, 0.2) is 0 Å². The molecule has 3 amide bonds. The van der Waals surface area contributed by atoms with Crippen molar-refractivity contribution in [1.82, 2.24) is 15.6 Å². The number of aromatic nitrogens is 1. The number of nitrogens with one attached hydrogen (secondary N) is 3. The summed E-state index contributed by atoms with van der Waals surface area (Å²) < 4.78 is 0. The lowest BCUT2D eigenvalue weighted by molar-refractivity contribution is -0.116. The molecule has 0 saturated carbocycles. The van der Waals surface area contributed by atoms with Gasteiger partial charge in [0, 0.05) is 18.3 Å². The molecule has 124 valence electrons. The lowest BCUT2D eigenvalue weighted by Gasteiger charge is -2.20. The van der Waals surface area contributed by atoms with E-state index in [2.05, 4.69) is 20.9 Å². The number of anilines is 1. The van der Waals surface area contributed by atoms with E-state index in [-0.39, 0.29) is 18.0 Å². The minimum Gasteiger partial charge on any atom is -0.332 e. The summed E-state index contributed by atoms with van der Waals surface area (Å²) in [5.74, 6) is 0.0512. The molecule has 6 heteroatoms. The molecule has 6 nitrogen and oxygen atoms in total. The molecule has 0 saturated heterocycles. The molecule has 0 bridgehead atoms. The van der Waals surface area contributed by atoms with Crippen molar-refractivity contribution in [3.63, 3.8) is 0 Å². The van der Waals surface area contributed by atoms with Crippen LogP contribution in [0.25, 0.3) is 0 Å². The third kappa shape index (κ3) is 3.90. The quantitative estimate of drug-likeness (QED) is 0.808. The first kappa shape index (κ1) is 16.0. The highest BCUT2D eigenvalue weighted by molar-refractivity contribution is 5.93. The van der Waals surface area contributed by atoms with Gasteiger partial charge in [-0.2, -0.15) is 0 Å². The standard InChI is InChI=1S/C18H20N4O2/c1-12(21-18(24)20-11-15-4-2-3-9-19-15)13-5-7-16-14(10-13)6-8-17(23)22-16/h2-5,7,9-10,12H,6,8,11H2,1H3,(H,22,23)(H2,20,21,24). The predicted octanol–water partition coefficient (Wildman–Crippen LogP) is 2.53. The summed E-state index contributed by atoms with van der Waals surface area (Å²) >= 11 is 0. The van der Waals surface area contributed by atoms with Crippen LogP contribution in [0.1, 0.15) is 36.2 Å². The Kier molecular flexibility index (Phi) is 4.74. The largest absolute Gasteiger partial charge is 0.332 e. The fourth-order valence-corrected chi connectivity index (χ4v) is 2.68. The second-order valence-electron chi connectivity index (χ2n) is 5.83. The number of benzene rings is 1. The van der Waals surface area contributed by atoms with Gasteiger partial charge in [-0.05, 0) is 42.7 Å². The number of carbonyl (C=O) groups excluding carboxylic acids is 2. The third-order valence-corrected chi connectivity index (χ3v) is 4.03. The number of aryl methyl sites for hydroxylation is 1. The van der Waals surface area contributed by atoms with Crippen LogP contribution in [0, 0.1) is 0 Å². The van der Waals surface area contributed by atoms with Gasteiger partial charge in [-0.15, -0.1) is 0 Å². The number of fused-ring (bicyclic) bond motifs is 1. The Balaban J connectivity index is 1.57. The second-order valence-corrected chi connectivity index (χ2v) is 5.83. The van der Waals surface area contributed by atoms with Crippen molar-refractivity contribution in [3.05, 3.63) is 59.4 Å². The highest BCUT2D eigenvalue weighted by atomic mass is 16.2. The lowest BCUT2D eigenvalue weighted by atomic mass is 9.98. The molecule has 0 radical (unpaired) electrons. The van der Waals surface area contributed by atoms with Gasteiger partial charge in [0.05, 0.1) is 18.3 Å². The summed E-state index contributed by atoms with van der Waals surface area (Å²) in [6.45, 7) is 2.32. The number of hydrogen-bond donors (Lipinski definition) is 3. The third-order valence-electron chi connectivity index (χ3n) is 4.03. The van der Waals surface area contributed by atoms with E-state index in [9.17, 15) is 9.59 Å². The first-order valence-corrected chi connectivity index (χ1v) is 7.99. The number of pyridine rings is 1. The van der Waals surface area contributed by atoms with E-state index < -0.39 is 0 Å². The number of amides is 3. The van der Waals surface area contributed by atoms with Crippen LogP contribution in [-0.4, -0.2) is 16.9 Å². The van der Waals surface area contributed by atoms with Gasteiger partial charge < -0.3 is 16.0 Å². The zero-order valence-corrected chi connectivity index (χ0v) is 13.5. The van der Waals surface area contributed by atoms with Gasteiger partial charge in [-0.1, -0.05) is 18.2 Å². The number of hydrogen-bond acceptors (Lipinski definition) is 3. The van der Waals surface area contributed by atoms with Gasteiger partial charge in [0.2, 0.25) is 5.91 Å². The Bertz CT molecular complexity index is 746. The van der Waals surface area contributed by atoms with Gasteiger partial charge >= 0.3 is 6.03 Å². The molecule has 3 rings (SSSR count). The smallest absolute Gasteiger partial charge is 0.315 e. The molecule has 1 atom stereocenters. The molecule has 1 unspecified atom stereocenters. The number of nitrogens with zero attached hydrogens (tertiary/aromatic N) is 1. The molecule has 1 aliphatic heterocycles. The molecule has 0 aliphatic carbocycles. The fraction of sp³-hybridized carbons (Fsp3) is 0.278. The van der Waals surface area contributed by atoms with Gasteiger partial charge in [0.1, 0.15) is 0 Å². The maximum atomic E-state index is 12.0. The summed E-state index contributed by atoms with van der Waals surface area (Å²) in [7, 11) is 0. The van der Waals surface area contributed by atoms with Crippen LogP contribution in [0.4, 0.5) is 10.5 Å². The molecule has 0 fully saturated rings. The second kappa shape index (κ2) is 7.12. The molecule has 1 aromatic carbocycles. The van der Waals surface area contributed by atoms with Crippen LogP contribution in [-0.2, 0) is 17.8 Å². The van der Waals surface area contributed by atoms with Crippen molar-refractivity contribution in [2.75, 3.05) is 5.32 Å². The lowest BCUT2D eigenvalue weighted by Crippen LogP contribution is -2.36. The molecule has 24 heavy (non-hydrogen) atoms. The van der Waals surface area contributed by atoms with Gasteiger partial charge in [-0.3, -0.25) is 9.78 Å². The molecular formula is C18H20N4O2. The van der Waals surface area contributed by atoms with E-state index in [0.717, 1.165) is 28.9 Å². The van der Waals surface area contributed by atoms with E-state index in [1.165, 1.54) is 0 Å². The van der Waals surface area contributed by atoms with E-state index >= 15 is 0 Å². The van der Waals surface area contributed by atoms with Crippen LogP contribution >= 0.6 is 0 Å². The Labute approximate surface area is 140 Å². The first-order valence-electron chi connectivity index (χ1n) is 7.99. The first-order chi connectivity index (χ1) is 11.6. The minimum atomic E-state index is -0.237. The number of urea groups is 1. The molecule has 1 aromatic heterocycles. The Morgan fingerprint density at radius 1 is 1.29 bits per heavy atom. The summed E-state index contributed by atoms with van der Waals surface area (Å²) in [5, 5.41) is 8.57. The van der Waals surface area contributed by atoms with Crippen molar-refractivity contribution in [3.8, 4) is 0 Å². The Morgan fingerprint density at radius 2 is 2.17 bits per heavy atom. The average molecular weight is 324 g/mol. The zero-order valence-electron chi connectivity index (χ0n) is 13.5. The number of carbonyl (C=O) groups is 2. The topological polar surface area (TPSA) is 83.1 Å². The molecule has 2 aromatic rings. The summed E-state index contributed by atoms with van der Waals surface area (Å²) in [6, 6.07) is 11.1. The van der Waals surface area contributed by atoms with Crippen LogP contribution in [0.15, 0.2) is 42.6 Å². The molecule has 3 N–H and O–H groups in total. The molecule has 0 spiro atoms. The summed E-state index contributed by atoms with van der Waals surface area (Å²) in [4.78, 5) is 27.6. The normalized spacial score (nSPS) is 14.3. The van der Waals surface area contributed by atoms with Crippen molar-refractivity contribution in [2.45, 2.75) is 32.4 Å². The van der Waals surface area contributed by atoms with Crippen molar-refractivity contribution in [1.29, 1.82) is 0 Å². The van der Waals surface area contributed by atoms with E-state index in [4.69, 9.17) is 0 Å². The average Bonchev–Trinajstić information content (AvgIpc) is 2.60. The Morgan fingerprint density at radius 3 is 2.96 bits per heavy atom. The van der Waals surface area contributed by atoms with Crippen molar-refractivity contribution >= 4 is 17.6 Å². The van der Waals surface area contributed by atoms with E-state index in [0.29, 0.717) is 13.0 Å². The highest BCUT2D eigenvalue weighted by Gasteiger charge is 2.17. The maximum Gasteiger partial charge on any atom is 0.315 e. The van der Waals surface area contributed by atoms with E-state index in [1.807, 2.05) is 43.3 Å². The molecule has 2 heterocycles. The van der Waals surface area contributed by atoms with Crippen LogP contribution in [0.3, 0.4) is 0 Å². The monoisotopic (exact) mass is 324 g/mol. The number of rotatable bonds is 4.